The number of rotatable bonds is 1. The van der Waals surface area contributed by atoms with Gasteiger partial charge in [-0.3, -0.25) is 0 Å². The summed E-state index contributed by atoms with van der Waals surface area (Å²) >= 11 is 0. The molecule has 0 saturated carbocycles. The van der Waals surface area contributed by atoms with Gasteiger partial charge in [-0.25, -0.2) is 0 Å². The van der Waals surface area contributed by atoms with Crippen molar-refractivity contribution in [1.82, 2.24) is 0 Å². The fourth-order valence-corrected chi connectivity index (χ4v) is 1.69. The summed E-state index contributed by atoms with van der Waals surface area (Å²) in [6, 6.07) is 11.6. The molecular formula is C12H13NO. The summed E-state index contributed by atoms with van der Waals surface area (Å²) in [4.78, 5) is 0. The smallest absolute Gasteiger partial charge is 0.0767 e. The number of hydrogen-bond acceptors (Lipinski definition) is 2. The summed E-state index contributed by atoms with van der Waals surface area (Å²) in [5, 5.41) is 11.7. The van der Waals surface area contributed by atoms with Gasteiger partial charge in [0.2, 0.25) is 0 Å². The maximum atomic E-state index is 9.56. The second-order valence-corrected chi connectivity index (χ2v) is 3.50. The van der Waals surface area contributed by atoms with Gasteiger partial charge >= 0.3 is 0 Å². The van der Waals surface area contributed by atoms with Gasteiger partial charge in [-0.2, -0.15) is 0 Å². The lowest BCUT2D eigenvalue weighted by molar-refractivity contribution is 0.201. The average molecular weight is 187 g/mol. The first-order valence-corrected chi connectivity index (χ1v) is 4.64. The van der Waals surface area contributed by atoms with E-state index in [0.717, 1.165) is 22.0 Å². The van der Waals surface area contributed by atoms with Crippen molar-refractivity contribution < 1.29 is 5.11 Å². The average Bonchev–Trinajstić information content (AvgIpc) is 2.16. The lowest BCUT2D eigenvalue weighted by Crippen LogP contribution is -1.93. The molecule has 1 atom stereocenters. The Bertz CT molecular complexity index is 463. The molecule has 0 saturated heterocycles. The van der Waals surface area contributed by atoms with Crippen LogP contribution in [0.2, 0.25) is 0 Å². The largest absolute Gasteiger partial charge is 0.399 e. The molecule has 0 aliphatic heterocycles. The fraction of sp³-hybridized carbons (Fsp3) is 0.167. The van der Waals surface area contributed by atoms with Crippen molar-refractivity contribution in [1.29, 1.82) is 0 Å². The van der Waals surface area contributed by atoms with E-state index in [9.17, 15) is 5.11 Å². The molecule has 2 heteroatoms. The highest BCUT2D eigenvalue weighted by atomic mass is 16.3. The first kappa shape index (κ1) is 9.03. The first-order valence-electron chi connectivity index (χ1n) is 4.64. The van der Waals surface area contributed by atoms with Crippen LogP contribution < -0.4 is 5.73 Å². The van der Waals surface area contributed by atoms with E-state index in [1.54, 1.807) is 6.92 Å². The van der Waals surface area contributed by atoms with Gasteiger partial charge in [0.15, 0.2) is 0 Å². The molecule has 0 aliphatic rings. The molecule has 0 aromatic heterocycles. The van der Waals surface area contributed by atoms with Gasteiger partial charge in [-0.05, 0) is 35.4 Å². The van der Waals surface area contributed by atoms with Gasteiger partial charge in [0.1, 0.15) is 0 Å². The predicted molar refractivity (Wildman–Crippen MR) is 59.0 cm³/mol. The highest BCUT2D eigenvalue weighted by molar-refractivity contribution is 5.88. The van der Waals surface area contributed by atoms with Gasteiger partial charge in [-0.15, -0.1) is 0 Å². The highest BCUT2D eigenvalue weighted by Crippen LogP contribution is 2.25. The third-order valence-electron chi connectivity index (χ3n) is 2.39. The predicted octanol–water partition coefficient (Wildman–Crippen LogP) is 2.48. The van der Waals surface area contributed by atoms with Crippen molar-refractivity contribution in [3.05, 3.63) is 42.0 Å². The molecule has 0 heterocycles. The zero-order valence-electron chi connectivity index (χ0n) is 8.07. The van der Waals surface area contributed by atoms with Crippen LogP contribution in [0.5, 0.6) is 0 Å². The summed E-state index contributed by atoms with van der Waals surface area (Å²) in [7, 11) is 0. The number of aliphatic hydroxyl groups excluding tert-OH is 1. The number of fused-ring (bicyclic) bond motifs is 1. The van der Waals surface area contributed by atoms with Crippen molar-refractivity contribution in [2.75, 3.05) is 5.73 Å². The molecule has 1 unspecified atom stereocenters. The number of hydrogen-bond donors (Lipinski definition) is 2. The van der Waals surface area contributed by atoms with E-state index in [0.29, 0.717) is 0 Å². The maximum absolute atomic E-state index is 9.56. The Hall–Kier alpha value is -1.54. The zero-order valence-corrected chi connectivity index (χ0v) is 8.07. The summed E-state index contributed by atoms with van der Waals surface area (Å²) < 4.78 is 0. The van der Waals surface area contributed by atoms with E-state index in [4.69, 9.17) is 5.73 Å². The van der Waals surface area contributed by atoms with Crippen molar-refractivity contribution in [2.24, 2.45) is 0 Å². The van der Waals surface area contributed by atoms with E-state index in [1.807, 2.05) is 36.4 Å². The van der Waals surface area contributed by atoms with Crippen LogP contribution in [0.15, 0.2) is 36.4 Å². The number of anilines is 1. The minimum Gasteiger partial charge on any atom is -0.399 e. The van der Waals surface area contributed by atoms with E-state index in [1.165, 1.54) is 0 Å². The summed E-state index contributed by atoms with van der Waals surface area (Å²) in [6.07, 6.45) is -0.442. The van der Waals surface area contributed by atoms with Crippen LogP contribution in [-0.4, -0.2) is 5.11 Å². The van der Waals surface area contributed by atoms with Gasteiger partial charge in [0.25, 0.3) is 0 Å². The molecule has 2 aromatic carbocycles. The van der Waals surface area contributed by atoms with Crippen LogP contribution in [0.25, 0.3) is 10.8 Å². The van der Waals surface area contributed by atoms with Crippen LogP contribution in [0.1, 0.15) is 18.6 Å². The standard InChI is InChI=1S/C12H13NO/c1-8(14)11-4-2-3-9-7-10(13)5-6-12(9)11/h2-8,14H,13H2,1H3. The highest BCUT2D eigenvalue weighted by Gasteiger charge is 2.05. The van der Waals surface area contributed by atoms with E-state index >= 15 is 0 Å². The first-order chi connectivity index (χ1) is 6.68. The van der Waals surface area contributed by atoms with Gasteiger partial charge in [0, 0.05) is 5.69 Å². The van der Waals surface area contributed by atoms with E-state index < -0.39 is 6.10 Å². The van der Waals surface area contributed by atoms with E-state index in [-0.39, 0.29) is 0 Å². The monoisotopic (exact) mass is 187 g/mol. The summed E-state index contributed by atoms with van der Waals surface area (Å²) in [5.74, 6) is 0. The number of nitrogens with two attached hydrogens (primary N) is 1. The lowest BCUT2D eigenvalue weighted by atomic mass is 10.0. The Kier molecular flexibility index (Phi) is 2.14. The Morgan fingerprint density at radius 2 is 2.00 bits per heavy atom. The topological polar surface area (TPSA) is 46.2 Å². The molecule has 0 aliphatic carbocycles. The third-order valence-corrected chi connectivity index (χ3v) is 2.39. The van der Waals surface area contributed by atoms with Crippen LogP contribution in [-0.2, 0) is 0 Å². The van der Waals surface area contributed by atoms with Gasteiger partial charge in [-0.1, -0.05) is 24.3 Å². The molecule has 72 valence electrons. The van der Waals surface area contributed by atoms with Crippen molar-refractivity contribution in [3.8, 4) is 0 Å². The van der Waals surface area contributed by atoms with Crippen LogP contribution >= 0.6 is 0 Å². The van der Waals surface area contributed by atoms with Crippen LogP contribution in [0.3, 0.4) is 0 Å². The quantitative estimate of drug-likeness (QED) is 0.674. The van der Waals surface area contributed by atoms with Crippen LogP contribution in [0, 0.1) is 0 Å². The minimum absolute atomic E-state index is 0.442. The Morgan fingerprint density at radius 3 is 2.71 bits per heavy atom. The normalized spacial score (nSPS) is 13.0. The van der Waals surface area contributed by atoms with E-state index in [2.05, 4.69) is 0 Å². The SMILES string of the molecule is CC(O)c1cccc2cc(N)ccc12. The Morgan fingerprint density at radius 1 is 1.21 bits per heavy atom. The lowest BCUT2D eigenvalue weighted by Gasteiger charge is -2.09. The number of benzene rings is 2. The third kappa shape index (κ3) is 1.44. The number of aliphatic hydroxyl groups is 1. The molecule has 0 fully saturated rings. The van der Waals surface area contributed by atoms with Crippen molar-refractivity contribution in [2.45, 2.75) is 13.0 Å². The molecular weight excluding hydrogens is 174 g/mol. The molecule has 2 rings (SSSR count). The molecule has 2 nitrogen and oxygen atoms in total. The molecule has 3 N–H and O–H groups in total. The minimum atomic E-state index is -0.442. The maximum Gasteiger partial charge on any atom is 0.0767 e. The second-order valence-electron chi connectivity index (χ2n) is 3.50. The molecule has 14 heavy (non-hydrogen) atoms. The molecule has 0 amide bonds. The Balaban J connectivity index is 2.75. The van der Waals surface area contributed by atoms with Crippen molar-refractivity contribution >= 4 is 16.5 Å². The zero-order chi connectivity index (χ0) is 10.1. The molecule has 2 aromatic rings. The molecule has 0 radical (unpaired) electrons. The number of nitrogen functional groups attached to an aromatic ring is 1. The molecule has 0 spiro atoms. The van der Waals surface area contributed by atoms with Crippen molar-refractivity contribution in [3.63, 3.8) is 0 Å². The Labute approximate surface area is 83.0 Å². The second kappa shape index (κ2) is 3.31. The fourth-order valence-electron chi connectivity index (χ4n) is 1.69. The molecule has 0 bridgehead atoms. The van der Waals surface area contributed by atoms with Gasteiger partial charge in [0.05, 0.1) is 6.10 Å². The van der Waals surface area contributed by atoms with Crippen LogP contribution in [0.4, 0.5) is 5.69 Å². The summed E-state index contributed by atoms with van der Waals surface area (Å²) in [5.41, 5.74) is 7.38. The van der Waals surface area contributed by atoms with Gasteiger partial charge < -0.3 is 10.8 Å². The summed E-state index contributed by atoms with van der Waals surface area (Å²) in [6.45, 7) is 1.77.